The number of hydrogen-bond acceptors (Lipinski definition) is 4. The van der Waals surface area contributed by atoms with Gasteiger partial charge in [0, 0.05) is 17.5 Å². The van der Waals surface area contributed by atoms with Gasteiger partial charge >= 0.3 is 0 Å². The van der Waals surface area contributed by atoms with Crippen molar-refractivity contribution in [3.8, 4) is 0 Å². The van der Waals surface area contributed by atoms with Crippen molar-refractivity contribution in [3.63, 3.8) is 0 Å². The van der Waals surface area contributed by atoms with Crippen LogP contribution in [0, 0.1) is 13.8 Å². The Bertz CT molecular complexity index is 1290. The molecule has 0 amide bonds. The second kappa shape index (κ2) is 7.58. The van der Waals surface area contributed by atoms with Crippen molar-refractivity contribution < 1.29 is 13.2 Å². The molecule has 30 heavy (non-hydrogen) atoms. The van der Waals surface area contributed by atoms with Crippen LogP contribution in [-0.4, -0.2) is 14.2 Å². The summed E-state index contributed by atoms with van der Waals surface area (Å²) in [4.78, 5) is 15.1. The Morgan fingerprint density at radius 1 is 0.933 bits per heavy atom. The van der Waals surface area contributed by atoms with E-state index in [4.69, 9.17) is 0 Å². The van der Waals surface area contributed by atoms with Gasteiger partial charge in [-0.2, -0.15) is 0 Å². The van der Waals surface area contributed by atoms with E-state index < -0.39 is 15.6 Å². The van der Waals surface area contributed by atoms with Gasteiger partial charge in [-0.1, -0.05) is 55.0 Å². The van der Waals surface area contributed by atoms with E-state index in [1.54, 1.807) is 35.2 Å². The van der Waals surface area contributed by atoms with E-state index in [9.17, 15) is 13.2 Å². The molecule has 0 bridgehead atoms. The quantitative estimate of drug-likeness (QED) is 0.525. The second-order valence-electron chi connectivity index (χ2n) is 7.51. The topological polar surface area (TPSA) is 54.5 Å². The predicted octanol–water partition coefficient (Wildman–Crippen LogP) is 5.52. The highest BCUT2D eigenvalue weighted by atomic mass is 32.2. The molecule has 1 heterocycles. The summed E-state index contributed by atoms with van der Waals surface area (Å²) in [6.07, 6.45) is 2.33. The first-order chi connectivity index (χ1) is 14.3. The highest BCUT2D eigenvalue weighted by molar-refractivity contribution is 7.96. The van der Waals surface area contributed by atoms with Gasteiger partial charge in [0.25, 0.3) is 0 Å². The molecule has 0 unspecified atom stereocenters. The number of ketones is 1. The summed E-state index contributed by atoms with van der Waals surface area (Å²) in [5.74, 6) is -0.487. The van der Waals surface area contributed by atoms with Gasteiger partial charge in [0.2, 0.25) is 15.6 Å². The molecule has 5 heteroatoms. The Morgan fingerprint density at radius 2 is 1.70 bits per heavy atom. The third kappa shape index (κ3) is 3.35. The number of anilines is 2. The van der Waals surface area contributed by atoms with Gasteiger partial charge in [-0.3, -0.25) is 4.79 Å². The number of carbonyl (C=O) groups is 1. The maximum atomic E-state index is 13.4. The molecule has 0 atom stereocenters. The van der Waals surface area contributed by atoms with Crippen molar-refractivity contribution in [1.29, 1.82) is 0 Å². The van der Waals surface area contributed by atoms with Crippen molar-refractivity contribution in [3.05, 3.63) is 100 Å². The average molecular weight is 418 g/mol. The van der Waals surface area contributed by atoms with Crippen LogP contribution < -0.4 is 4.90 Å². The molecule has 0 fully saturated rings. The van der Waals surface area contributed by atoms with Crippen LogP contribution >= 0.6 is 0 Å². The fourth-order valence-electron chi connectivity index (χ4n) is 3.78. The van der Waals surface area contributed by atoms with Crippen molar-refractivity contribution in [2.75, 3.05) is 4.90 Å². The zero-order valence-electron chi connectivity index (χ0n) is 17.2. The van der Waals surface area contributed by atoms with E-state index in [0.717, 1.165) is 28.8 Å². The molecule has 3 aromatic carbocycles. The Balaban J connectivity index is 1.93. The van der Waals surface area contributed by atoms with Crippen LogP contribution in [0.4, 0.5) is 11.4 Å². The third-order valence-corrected chi connectivity index (χ3v) is 7.19. The maximum Gasteiger partial charge on any atom is 0.214 e. The average Bonchev–Trinajstić information content (AvgIpc) is 2.73. The van der Waals surface area contributed by atoms with Gasteiger partial charge in [0.15, 0.2) is 0 Å². The second-order valence-corrected chi connectivity index (χ2v) is 9.39. The zero-order valence-corrected chi connectivity index (χ0v) is 18.0. The molecule has 0 saturated heterocycles. The van der Waals surface area contributed by atoms with E-state index in [0.29, 0.717) is 11.3 Å². The summed E-state index contributed by atoms with van der Waals surface area (Å²) in [5.41, 5.74) is 4.68. The zero-order chi connectivity index (χ0) is 21.5. The molecule has 0 N–H and O–H groups in total. The monoisotopic (exact) mass is 417 g/mol. The number of para-hydroxylation sites is 1. The normalized spacial score (nSPS) is 14.8. The number of aryl methyl sites for hydroxylation is 3. The lowest BCUT2D eigenvalue weighted by Gasteiger charge is -2.29. The Hall–Kier alpha value is -3.18. The van der Waals surface area contributed by atoms with Crippen molar-refractivity contribution in [2.24, 2.45) is 0 Å². The van der Waals surface area contributed by atoms with Crippen LogP contribution in [0.1, 0.15) is 34.0 Å². The third-order valence-electron chi connectivity index (χ3n) is 5.40. The van der Waals surface area contributed by atoms with E-state index in [-0.39, 0.29) is 9.80 Å². The number of hydrogen-bond donors (Lipinski definition) is 0. The standard InChI is InChI=1S/C25H23NO3S/c1-4-19-8-7-9-20(15-19)26-16-24(25(27)21-13-12-17(2)14-18(21)3)30(28,29)23-11-6-5-10-22(23)26/h5-16H,4H2,1-3H3. The molecule has 152 valence electrons. The maximum absolute atomic E-state index is 13.4. The number of sulfone groups is 1. The number of carbonyl (C=O) groups excluding carboxylic acids is 1. The van der Waals surface area contributed by atoms with Gasteiger partial charge in [0.05, 0.1) is 10.6 Å². The fraction of sp³-hybridized carbons (Fsp3) is 0.160. The highest BCUT2D eigenvalue weighted by Crippen LogP contribution is 2.40. The molecular weight excluding hydrogens is 394 g/mol. The first-order valence-corrected chi connectivity index (χ1v) is 11.4. The van der Waals surface area contributed by atoms with Crippen LogP contribution in [0.25, 0.3) is 0 Å². The van der Waals surface area contributed by atoms with E-state index in [1.807, 2.05) is 50.2 Å². The summed E-state index contributed by atoms with van der Waals surface area (Å²) >= 11 is 0. The van der Waals surface area contributed by atoms with Crippen LogP contribution in [0.5, 0.6) is 0 Å². The molecule has 3 aromatic rings. The van der Waals surface area contributed by atoms with Crippen molar-refractivity contribution in [2.45, 2.75) is 32.1 Å². The van der Waals surface area contributed by atoms with Gasteiger partial charge in [-0.15, -0.1) is 0 Å². The fourth-order valence-corrected chi connectivity index (χ4v) is 5.31. The molecule has 0 aromatic heterocycles. The van der Waals surface area contributed by atoms with Gasteiger partial charge in [-0.05, 0) is 55.7 Å². The minimum Gasteiger partial charge on any atom is -0.314 e. The summed E-state index contributed by atoms with van der Waals surface area (Å²) in [7, 11) is -3.94. The minimum absolute atomic E-state index is 0.141. The first-order valence-electron chi connectivity index (χ1n) is 9.89. The van der Waals surface area contributed by atoms with Crippen LogP contribution in [0.3, 0.4) is 0 Å². The van der Waals surface area contributed by atoms with Crippen LogP contribution in [0.2, 0.25) is 0 Å². The molecule has 4 nitrogen and oxygen atoms in total. The number of fused-ring (bicyclic) bond motifs is 1. The summed E-state index contributed by atoms with van der Waals surface area (Å²) in [5, 5.41) is 0. The van der Waals surface area contributed by atoms with E-state index in [1.165, 1.54) is 6.20 Å². The first kappa shape index (κ1) is 20.1. The van der Waals surface area contributed by atoms with Crippen LogP contribution in [0.15, 0.2) is 82.7 Å². The predicted molar refractivity (Wildman–Crippen MR) is 120 cm³/mol. The Kier molecular flexibility index (Phi) is 5.08. The molecule has 4 rings (SSSR count). The van der Waals surface area contributed by atoms with Gasteiger partial charge in [-0.25, -0.2) is 8.42 Å². The summed E-state index contributed by atoms with van der Waals surface area (Å²) in [6, 6.07) is 20.1. The molecule has 1 aliphatic heterocycles. The smallest absolute Gasteiger partial charge is 0.214 e. The number of allylic oxidation sites excluding steroid dienone is 1. The number of rotatable bonds is 4. The lowest BCUT2D eigenvalue weighted by molar-refractivity contribution is 0.104. The molecular formula is C25H23NO3S. The molecule has 0 aliphatic carbocycles. The van der Waals surface area contributed by atoms with E-state index in [2.05, 4.69) is 6.92 Å². The number of benzene rings is 3. The largest absolute Gasteiger partial charge is 0.314 e. The van der Waals surface area contributed by atoms with Gasteiger partial charge in [0.1, 0.15) is 4.91 Å². The molecule has 0 saturated carbocycles. The summed E-state index contributed by atoms with van der Waals surface area (Å²) < 4.78 is 26.8. The van der Waals surface area contributed by atoms with E-state index >= 15 is 0 Å². The Labute approximate surface area is 177 Å². The SMILES string of the molecule is CCc1cccc(N2C=C(C(=O)c3ccc(C)cc3C)S(=O)(=O)c3ccccc32)c1. The number of nitrogens with zero attached hydrogens (tertiary/aromatic N) is 1. The van der Waals surface area contributed by atoms with Gasteiger partial charge < -0.3 is 4.90 Å². The Morgan fingerprint density at radius 3 is 2.43 bits per heavy atom. The lowest BCUT2D eigenvalue weighted by atomic mass is 10.0. The summed E-state index contributed by atoms with van der Waals surface area (Å²) in [6.45, 7) is 5.84. The van der Waals surface area contributed by atoms with Crippen LogP contribution in [-0.2, 0) is 16.3 Å². The molecule has 0 spiro atoms. The van der Waals surface area contributed by atoms with Crippen molar-refractivity contribution >= 4 is 27.0 Å². The highest BCUT2D eigenvalue weighted by Gasteiger charge is 2.36. The lowest BCUT2D eigenvalue weighted by Crippen LogP contribution is -2.26. The number of Topliss-reactive ketones (excluding diaryl/α,β-unsaturated/α-hetero) is 1. The molecule has 0 radical (unpaired) electrons. The van der Waals surface area contributed by atoms with Crippen molar-refractivity contribution in [1.82, 2.24) is 0 Å². The molecule has 1 aliphatic rings. The minimum atomic E-state index is -3.94.